The minimum Gasteiger partial charge on any atom is -0.489 e. The van der Waals surface area contributed by atoms with Crippen molar-refractivity contribution < 1.29 is 9.13 Å². The number of hydrogen-bond acceptors (Lipinski definition) is 3. The fourth-order valence-corrected chi connectivity index (χ4v) is 3.50. The van der Waals surface area contributed by atoms with E-state index in [9.17, 15) is 4.79 Å². The second-order valence-corrected chi connectivity index (χ2v) is 7.37. The van der Waals surface area contributed by atoms with Gasteiger partial charge in [-0.05, 0) is 37.8 Å². The molecule has 6 heteroatoms. The minimum absolute atomic E-state index is 0.00282. The molecule has 2 heterocycles. The summed E-state index contributed by atoms with van der Waals surface area (Å²) < 4.78 is 22.1. The van der Waals surface area contributed by atoms with Gasteiger partial charge in [0.1, 0.15) is 0 Å². The van der Waals surface area contributed by atoms with Crippen LogP contribution in [0, 0.1) is 18.7 Å². The zero-order valence-corrected chi connectivity index (χ0v) is 16.2. The fraction of sp³-hybridized carbons (Fsp3) is 0.400. The highest BCUT2D eigenvalue weighted by Gasteiger charge is 2.20. The van der Waals surface area contributed by atoms with Crippen LogP contribution in [0.4, 0.5) is 4.39 Å². The highest BCUT2D eigenvalue weighted by molar-refractivity contribution is 6.33. The Bertz CT molecular complexity index is 1040. The third-order valence-electron chi connectivity index (χ3n) is 4.61. The number of pyridine rings is 2. The lowest BCUT2D eigenvalue weighted by Crippen LogP contribution is -2.19. The molecule has 0 amide bonds. The van der Waals surface area contributed by atoms with Crippen molar-refractivity contribution in [3.63, 3.8) is 0 Å². The molecule has 1 aromatic carbocycles. The molecule has 0 N–H and O–H groups in total. The third-order valence-corrected chi connectivity index (χ3v) is 4.89. The number of halogens is 2. The number of fused-ring (bicyclic) bond motifs is 3. The van der Waals surface area contributed by atoms with Gasteiger partial charge in [-0.1, -0.05) is 25.4 Å². The van der Waals surface area contributed by atoms with Crippen molar-refractivity contribution in [2.45, 2.75) is 33.6 Å². The van der Waals surface area contributed by atoms with Crippen molar-refractivity contribution in [2.24, 2.45) is 13.0 Å². The molecule has 0 saturated carbocycles. The number of ether oxygens (including phenoxy) is 1. The summed E-state index contributed by atoms with van der Waals surface area (Å²) >= 11 is 6.31. The Kier molecular flexibility index (Phi) is 5.19. The zero-order chi connectivity index (χ0) is 19.0. The quantitative estimate of drug-likeness (QED) is 0.464. The first-order valence-electron chi connectivity index (χ1n) is 8.71. The first-order valence-corrected chi connectivity index (χ1v) is 9.09. The molecule has 2 aromatic heterocycles. The monoisotopic (exact) mass is 376 g/mol. The molecule has 0 unspecified atom stereocenters. The Labute approximate surface area is 156 Å². The molecule has 0 spiro atoms. The summed E-state index contributed by atoms with van der Waals surface area (Å²) in [5.41, 5.74) is 0.511. The average molecular weight is 377 g/mol. The first-order chi connectivity index (χ1) is 12.3. The first kappa shape index (κ1) is 18.6. The largest absolute Gasteiger partial charge is 0.489 e. The van der Waals surface area contributed by atoms with E-state index in [2.05, 4.69) is 18.8 Å². The molecule has 0 bridgehead atoms. The summed E-state index contributed by atoms with van der Waals surface area (Å²) in [6, 6.07) is 3.38. The molecule has 0 aliphatic carbocycles. The van der Waals surface area contributed by atoms with Gasteiger partial charge in [0.25, 0.3) is 5.56 Å². The Morgan fingerprint density at radius 3 is 2.77 bits per heavy atom. The number of aromatic nitrogens is 2. The molecule has 3 aromatic rings. The van der Waals surface area contributed by atoms with Gasteiger partial charge in [0.05, 0.1) is 28.2 Å². The fourth-order valence-electron chi connectivity index (χ4n) is 3.25. The van der Waals surface area contributed by atoms with E-state index in [-0.39, 0.29) is 21.8 Å². The van der Waals surface area contributed by atoms with Gasteiger partial charge in [-0.3, -0.25) is 9.78 Å². The molecular weight excluding hydrogens is 355 g/mol. The second-order valence-electron chi connectivity index (χ2n) is 6.97. The van der Waals surface area contributed by atoms with E-state index >= 15 is 4.39 Å². The van der Waals surface area contributed by atoms with Crippen LogP contribution in [-0.2, 0) is 7.05 Å². The second kappa shape index (κ2) is 7.23. The normalized spacial score (nSPS) is 11.7. The molecule has 0 radical (unpaired) electrons. The van der Waals surface area contributed by atoms with Crippen LogP contribution < -0.4 is 10.3 Å². The maximum absolute atomic E-state index is 15.2. The van der Waals surface area contributed by atoms with Crippen molar-refractivity contribution in [2.75, 3.05) is 6.61 Å². The summed E-state index contributed by atoms with van der Waals surface area (Å²) in [6.07, 6.45) is 3.41. The van der Waals surface area contributed by atoms with E-state index < -0.39 is 5.82 Å². The lowest BCUT2D eigenvalue weighted by Gasteiger charge is -2.15. The van der Waals surface area contributed by atoms with Crippen LogP contribution in [0.2, 0.25) is 5.02 Å². The van der Waals surface area contributed by atoms with Crippen LogP contribution >= 0.6 is 11.6 Å². The molecule has 3 rings (SSSR count). The van der Waals surface area contributed by atoms with E-state index in [0.29, 0.717) is 34.4 Å². The number of benzene rings is 1. The topological polar surface area (TPSA) is 44.1 Å². The van der Waals surface area contributed by atoms with Crippen LogP contribution in [0.25, 0.3) is 21.7 Å². The molecule has 138 valence electrons. The lowest BCUT2D eigenvalue weighted by atomic mass is 10.1. The van der Waals surface area contributed by atoms with Crippen LogP contribution in [0.5, 0.6) is 5.75 Å². The molecule has 0 aliphatic heterocycles. The lowest BCUT2D eigenvalue weighted by molar-refractivity contribution is 0.285. The molecule has 26 heavy (non-hydrogen) atoms. The molecule has 0 fully saturated rings. The van der Waals surface area contributed by atoms with Gasteiger partial charge in [-0.2, -0.15) is 0 Å². The van der Waals surface area contributed by atoms with Gasteiger partial charge in [0.15, 0.2) is 11.6 Å². The third kappa shape index (κ3) is 3.16. The van der Waals surface area contributed by atoms with Gasteiger partial charge >= 0.3 is 0 Å². The predicted octanol–water partition coefficient (Wildman–Crippen LogP) is 5.00. The Morgan fingerprint density at radius 1 is 1.35 bits per heavy atom. The van der Waals surface area contributed by atoms with Crippen molar-refractivity contribution >= 4 is 33.3 Å². The summed E-state index contributed by atoms with van der Waals surface area (Å²) in [5, 5.41) is 1.89. The van der Waals surface area contributed by atoms with Crippen molar-refractivity contribution in [3.05, 3.63) is 45.2 Å². The highest BCUT2D eigenvalue weighted by Crippen LogP contribution is 2.36. The van der Waals surface area contributed by atoms with Crippen molar-refractivity contribution in [3.8, 4) is 5.75 Å². The standard InChI is InChI=1S/C20H22ClFN2O2/c1-11(2)6-5-9-26-19-15(21)10-14-13-7-8-23-12(3)16(13)20(25)24(4)18(14)17(19)22/h7-8,10-11H,5-6,9H2,1-4H3. The SMILES string of the molecule is Cc1nccc2c1c(=O)n(C)c1c(F)c(OCCCC(C)C)c(Cl)cc21. The van der Waals surface area contributed by atoms with E-state index in [1.54, 1.807) is 32.3 Å². The maximum Gasteiger partial charge on any atom is 0.260 e. The smallest absolute Gasteiger partial charge is 0.260 e. The van der Waals surface area contributed by atoms with Crippen molar-refractivity contribution in [1.29, 1.82) is 0 Å². The van der Waals surface area contributed by atoms with Crippen LogP contribution in [0.15, 0.2) is 23.1 Å². The maximum atomic E-state index is 15.2. The van der Waals surface area contributed by atoms with Crippen LogP contribution in [0.1, 0.15) is 32.4 Å². The van der Waals surface area contributed by atoms with E-state index in [1.165, 1.54) is 4.57 Å². The molecular formula is C20H22ClFN2O2. The van der Waals surface area contributed by atoms with E-state index in [1.807, 2.05) is 0 Å². The summed E-state index contributed by atoms with van der Waals surface area (Å²) in [5.74, 6) is -0.0457. The van der Waals surface area contributed by atoms with Crippen LogP contribution in [-0.4, -0.2) is 16.2 Å². The Morgan fingerprint density at radius 2 is 2.08 bits per heavy atom. The van der Waals surface area contributed by atoms with E-state index in [0.717, 1.165) is 12.8 Å². The van der Waals surface area contributed by atoms with Gasteiger partial charge in [0.2, 0.25) is 0 Å². The number of rotatable bonds is 5. The minimum atomic E-state index is -0.604. The Hall–Kier alpha value is -2.14. The van der Waals surface area contributed by atoms with Crippen LogP contribution in [0.3, 0.4) is 0 Å². The van der Waals surface area contributed by atoms with Gasteiger partial charge < -0.3 is 9.30 Å². The number of aryl methyl sites for hydroxylation is 2. The number of nitrogens with zero attached hydrogens (tertiary/aromatic N) is 2. The predicted molar refractivity (Wildman–Crippen MR) is 104 cm³/mol. The summed E-state index contributed by atoms with van der Waals surface area (Å²) in [4.78, 5) is 16.9. The zero-order valence-electron chi connectivity index (χ0n) is 15.4. The molecule has 0 saturated heterocycles. The Balaban J connectivity index is 2.19. The average Bonchev–Trinajstić information content (AvgIpc) is 2.58. The van der Waals surface area contributed by atoms with E-state index in [4.69, 9.17) is 16.3 Å². The highest BCUT2D eigenvalue weighted by atomic mass is 35.5. The van der Waals surface area contributed by atoms with Gasteiger partial charge in [-0.15, -0.1) is 0 Å². The molecule has 4 nitrogen and oxygen atoms in total. The van der Waals surface area contributed by atoms with Gasteiger partial charge in [0, 0.05) is 24.0 Å². The molecule has 0 aliphatic rings. The van der Waals surface area contributed by atoms with Crippen molar-refractivity contribution in [1.82, 2.24) is 9.55 Å². The molecule has 0 atom stereocenters. The summed E-state index contributed by atoms with van der Waals surface area (Å²) in [7, 11) is 1.55. The number of hydrogen-bond donors (Lipinski definition) is 0. The summed E-state index contributed by atoms with van der Waals surface area (Å²) in [6.45, 7) is 6.40. The van der Waals surface area contributed by atoms with Gasteiger partial charge in [-0.25, -0.2) is 4.39 Å².